The molecule has 2 aromatic heterocycles. The molecular formula is C16H14FN5. The van der Waals surface area contributed by atoms with E-state index in [2.05, 4.69) is 20.4 Å². The van der Waals surface area contributed by atoms with Crippen LogP contribution in [0, 0.1) is 5.82 Å². The van der Waals surface area contributed by atoms with Crippen molar-refractivity contribution in [2.75, 3.05) is 5.32 Å². The quantitative estimate of drug-likeness (QED) is 0.789. The Bertz CT molecular complexity index is 769. The van der Waals surface area contributed by atoms with Crippen molar-refractivity contribution in [1.82, 2.24) is 19.7 Å². The number of hydrogen-bond donors (Lipinski definition) is 1. The zero-order chi connectivity index (χ0) is 14.9. The van der Waals surface area contributed by atoms with Gasteiger partial charge in [0.05, 0.1) is 12.1 Å². The molecule has 22 heavy (non-hydrogen) atoms. The molecular weight excluding hydrogens is 281 g/mol. The van der Waals surface area contributed by atoms with Gasteiger partial charge in [0.15, 0.2) is 0 Å². The average Bonchev–Trinajstić information content (AvgIpc) is 3.04. The number of hydrogen-bond acceptors (Lipinski definition) is 4. The third-order valence-electron chi connectivity index (χ3n) is 3.97. The van der Waals surface area contributed by atoms with Crippen molar-refractivity contribution in [2.24, 2.45) is 0 Å². The molecule has 0 fully saturated rings. The van der Waals surface area contributed by atoms with Crippen LogP contribution < -0.4 is 5.32 Å². The van der Waals surface area contributed by atoms with E-state index in [9.17, 15) is 4.39 Å². The number of nitrogens with one attached hydrogen (secondary N) is 1. The highest BCUT2D eigenvalue weighted by molar-refractivity contribution is 5.37. The number of benzene rings is 1. The van der Waals surface area contributed by atoms with Gasteiger partial charge >= 0.3 is 0 Å². The number of aromatic nitrogens is 4. The number of halogens is 1. The highest BCUT2D eigenvalue weighted by Crippen LogP contribution is 2.36. The lowest BCUT2D eigenvalue weighted by molar-refractivity contribution is 0.430. The molecule has 5 nitrogen and oxygen atoms in total. The Morgan fingerprint density at radius 2 is 2.00 bits per heavy atom. The lowest BCUT2D eigenvalue weighted by atomic mass is 9.94. The molecule has 2 atom stereocenters. The zero-order valence-corrected chi connectivity index (χ0v) is 11.7. The van der Waals surface area contributed by atoms with E-state index in [0.29, 0.717) is 0 Å². The van der Waals surface area contributed by atoms with Gasteiger partial charge in [-0.25, -0.2) is 9.07 Å². The summed E-state index contributed by atoms with van der Waals surface area (Å²) in [7, 11) is 0. The Balaban J connectivity index is 1.73. The Hall–Kier alpha value is -2.76. The maximum Gasteiger partial charge on any atom is 0.222 e. The number of nitrogens with zero attached hydrogens (tertiary/aromatic N) is 4. The van der Waals surface area contributed by atoms with Crippen molar-refractivity contribution in [1.29, 1.82) is 0 Å². The summed E-state index contributed by atoms with van der Waals surface area (Å²) in [6.45, 7) is 0. The fraction of sp³-hybridized carbons (Fsp3) is 0.188. The van der Waals surface area contributed by atoms with Gasteiger partial charge in [-0.05, 0) is 35.7 Å². The minimum atomic E-state index is -0.236. The number of rotatable bonds is 2. The van der Waals surface area contributed by atoms with Crippen LogP contribution in [0.5, 0.6) is 0 Å². The molecule has 0 aliphatic carbocycles. The van der Waals surface area contributed by atoms with Gasteiger partial charge in [-0.1, -0.05) is 18.2 Å². The van der Waals surface area contributed by atoms with Crippen LogP contribution in [0.2, 0.25) is 0 Å². The molecule has 0 saturated carbocycles. The van der Waals surface area contributed by atoms with E-state index >= 15 is 0 Å². The van der Waals surface area contributed by atoms with E-state index in [1.54, 1.807) is 18.3 Å². The summed E-state index contributed by atoms with van der Waals surface area (Å²) >= 11 is 0. The van der Waals surface area contributed by atoms with Crippen LogP contribution in [0.25, 0.3) is 0 Å². The summed E-state index contributed by atoms with van der Waals surface area (Å²) in [6, 6.07) is 10.6. The molecule has 110 valence electrons. The molecule has 3 heterocycles. The summed E-state index contributed by atoms with van der Waals surface area (Å²) < 4.78 is 15.0. The maximum absolute atomic E-state index is 13.2. The third kappa shape index (κ3) is 2.22. The van der Waals surface area contributed by atoms with Crippen LogP contribution in [0.1, 0.15) is 29.6 Å². The van der Waals surface area contributed by atoms with Crippen molar-refractivity contribution in [2.45, 2.75) is 18.5 Å². The molecule has 1 N–H and O–H groups in total. The predicted octanol–water partition coefficient (Wildman–Crippen LogP) is 2.96. The van der Waals surface area contributed by atoms with Gasteiger partial charge in [0.25, 0.3) is 0 Å². The van der Waals surface area contributed by atoms with Crippen LogP contribution in [0.4, 0.5) is 10.3 Å². The second kappa shape index (κ2) is 5.22. The number of anilines is 1. The fourth-order valence-electron chi connectivity index (χ4n) is 2.88. The molecule has 1 aromatic carbocycles. The summed E-state index contributed by atoms with van der Waals surface area (Å²) in [5.74, 6) is 0.481. The second-order valence-corrected chi connectivity index (χ2v) is 5.31. The summed E-state index contributed by atoms with van der Waals surface area (Å²) in [5.41, 5.74) is 2.12. The molecule has 0 spiro atoms. The topological polar surface area (TPSA) is 55.6 Å². The van der Waals surface area contributed by atoms with Gasteiger partial charge in [-0.15, -0.1) is 0 Å². The molecule has 1 aliphatic heterocycles. The molecule has 0 saturated heterocycles. The van der Waals surface area contributed by atoms with Crippen molar-refractivity contribution in [3.05, 3.63) is 72.1 Å². The van der Waals surface area contributed by atoms with E-state index in [4.69, 9.17) is 0 Å². The minimum Gasteiger partial charge on any atom is -0.347 e. The third-order valence-corrected chi connectivity index (χ3v) is 3.97. The first-order chi connectivity index (χ1) is 10.8. The predicted molar refractivity (Wildman–Crippen MR) is 79.8 cm³/mol. The van der Waals surface area contributed by atoms with Crippen molar-refractivity contribution in [3.63, 3.8) is 0 Å². The molecule has 0 bridgehead atoms. The van der Waals surface area contributed by atoms with Gasteiger partial charge < -0.3 is 5.32 Å². The Labute approximate surface area is 126 Å². The molecule has 3 aromatic rings. The van der Waals surface area contributed by atoms with E-state index in [-0.39, 0.29) is 17.9 Å². The molecule has 6 heteroatoms. The van der Waals surface area contributed by atoms with Gasteiger partial charge in [-0.2, -0.15) is 10.1 Å². The number of fused-ring (bicyclic) bond motifs is 1. The lowest BCUT2D eigenvalue weighted by Crippen LogP contribution is -2.28. The van der Waals surface area contributed by atoms with Crippen LogP contribution in [-0.4, -0.2) is 19.7 Å². The standard InChI is InChI=1S/C16H14FN5/c17-13-5-3-11(4-6-13)15-8-14(12-2-1-7-18-9-12)21-16-19-10-20-22(15)16/h1-7,9-10,14-15H,8H2,(H,19,20,21)/t14-,15-/m1/s1. The van der Waals surface area contributed by atoms with E-state index in [0.717, 1.165) is 23.5 Å². The average molecular weight is 295 g/mol. The largest absolute Gasteiger partial charge is 0.347 e. The first-order valence-corrected chi connectivity index (χ1v) is 7.13. The Kier molecular flexibility index (Phi) is 3.07. The van der Waals surface area contributed by atoms with E-state index < -0.39 is 0 Å². The van der Waals surface area contributed by atoms with Gasteiger partial charge in [0.1, 0.15) is 12.1 Å². The first kappa shape index (κ1) is 12.9. The van der Waals surface area contributed by atoms with Gasteiger partial charge in [0.2, 0.25) is 5.95 Å². The van der Waals surface area contributed by atoms with Crippen molar-refractivity contribution < 1.29 is 4.39 Å². The first-order valence-electron chi connectivity index (χ1n) is 7.13. The summed E-state index contributed by atoms with van der Waals surface area (Å²) in [5, 5.41) is 7.68. The van der Waals surface area contributed by atoms with Gasteiger partial charge in [-0.3, -0.25) is 4.98 Å². The molecule has 1 aliphatic rings. The normalized spacial score (nSPS) is 20.2. The molecule has 4 rings (SSSR count). The van der Waals surface area contributed by atoms with Gasteiger partial charge in [0, 0.05) is 12.4 Å². The smallest absolute Gasteiger partial charge is 0.222 e. The molecule has 0 amide bonds. The zero-order valence-electron chi connectivity index (χ0n) is 11.7. The van der Waals surface area contributed by atoms with Crippen LogP contribution in [0.15, 0.2) is 55.1 Å². The highest BCUT2D eigenvalue weighted by atomic mass is 19.1. The van der Waals surface area contributed by atoms with Crippen LogP contribution >= 0.6 is 0 Å². The Morgan fingerprint density at radius 3 is 2.77 bits per heavy atom. The van der Waals surface area contributed by atoms with Crippen molar-refractivity contribution >= 4 is 5.95 Å². The lowest BCUT2D eigenvalue weighted by Gasteiger charge is -2.31. The summed E-state index contributed by atoms with van der Waals surface area (Å²) in [6.07, 6.45) is 5.94. The fourth-order valence-corrected chi connectivity index (χ4v) is 2.88. The second-order valence-electron chi connectivity index (χ2n) is 5.31. The highest BCUT2D eigenvalue weighted by Gasteiger charge is 2.29. The molecule has 0 radical (unpaired) electrons. The minimum absolute atomic E-state index is 0.0181. The SMILES string of the molecule is Fc1ccc([C@H]2C[C@H](c3cccnc3)Nc3ncnn32)cc1. The summed E-state index contributed by atoms with van der Waals surface area (Å²) in [4.78, 5) is 8.45. The van der Waals surface area contributed by atoms with Crippen LogP contribution in [-0.2, 0) is 0 Å². The Morgan fingerprint density at radius 1 is 1.14 bits per heavy atom. The van der Waals surface area contributed by atoms with E-state index in [1.807, 2.05) is 23.0 Å². The van der Waals surface area contributed by atoms with Crippen LogP contribution in [0.3, 0.4) is 0 Å². The number of pyridine rings is 1. The van der Waals surface area contributed by atoms with Crippen molar-refractivity contribution in [3.8, 4) is 0 Å². The monoisotopic (exact) mass is 295 g/mol. The maximum atomic E-state index is 13.2. The molecule has 0 unspecified atom stereocenters. The van der Waals surface area contributed by atoms with E-state index in [1.165, 1.54) is 18.5 Å².